The minimum absolute atomic E-state index is 0.00672. The summed E-state index contributed by atoms with van der Waals surface area (Å²) in [4.78, 5) is 16.3. The van der Waals surface area contributed by atoms with Gasteiger partial charge in [-0.3, -0.25) is 4.72 Å². The van der Waals surface area contributed by atoms with Crippen LogP contribution in [0.15, 0.2) is 47.8 Å². The largest absolute Gasteiger partial charge is 0.480 e. The van der Waals surface area contributed by atoms with Gasteiger partial charge in [-0.05, 0) is 24.3 Å². The number of fused-ring (bicyclic) bond motifs is 1. The molecule has 1 aliphatic rings. The van der Waals surface area contributed by atoms with Crippen molar-refractivity contribution in [1.82, 2.24) is 15.0 Å². The molecule has 1 aliphatic heterocycles. The Morgan fingerprint density at radius 3 is 2.63 bits per heavy atom. The lowest BCUT2D eigenvalue weighted by molar-refractivity contribution is 0.400. The number of rotatable bonds is 6. The van der Waals surface area contributed by atoms with Crippen molar-refractivity contribution in [2.75, 3.05) is 41.3 Å². The van der Waals surface area contributed by atoms with Crippen molar-refractivity contribution >= 4 is 54.8 Å². The van der Waals surface area contributed by atoms with Crippen LogP contribution in [0, 0.1) is 11.6 Å². The van der Waals surface area contributed by atoms with Crippen molar-refractivity contribution in [3.05, 3.63) is 54.5 Å². The highest BCUT2D eigenvalue weighted by molar-refractivity contribution is 7.99. The highest BCUT2D eigenvalue weighted by Crippen LogP contribution is 2.38. The van der Waals surface area contributed by atoms with E-state index in [2.05, 4.69) is 24.6 Å². The molecule has 0 unspecified atom stereocenters. The lowest BCUT2D eigenvalue weighted by atomic mass is 10.2. The van der Waals surface area contributed by atoms with Gasteiger partial charge in [0, 0.05) is 47.3 Å². The number of nitrogens with zero attached hydrogens (tertiary/aromatic N) is 4. The first-order valence-electron chi connectivity index (χ1n) is 10.5. The summed E-state index contributed by atoms with van der Waals surface area (Å²) in [6.45, 7) is 1.80. The third kappa shape index (κ3) is 4.75. The Bertz CT molecular complexity index is 1510. The van der Waals surface area contributed by atoms with E-state index in [4.69, 9.17) is 4.74 Å². The lowest BCUT2D eigenvalue weighted by Crippen LogP contribution is -2.33. The van der Waals surface area contributed by atoms with Crippen LogP contribution in [0.5, 0.6) is 5.88 Å². The van der Waals surface area contributed by atoms with Crippen LogP contribution in [-0.4, -0.2) is 55.1 Å². The van der Waals surface area contributed by atoms with Crippen molar-refractivity contribution in [2.45, 2.75) is 4.90 Å². The molecular weight excluding hydrogens is 516 g/mol. The molecular formula is C22H19F2N5O3S3. The smallest absolute Gasteiger partial charge is 0.264 e. The maximum absolute atomic E-state index is 14.2. The van der Waals surface area contributed by atoms with E-state index >= 15 is 0 Å². The number of ether oxygens (including phenoxy) is 1. The highest BCUT2D eigenvalue weighted by Gasteiger charge is 2.23. The fraction of sp³-hybridized carbons (Fsp3) is 0.227. The van der Waals surface area contributed by atoms with Crippen LogP contribution in [0.2, 0.25) is 0 Å². The van der Waals surface area contributed by atoms with Gasteiger partial charge >= 0.3 is 0 Å². The number of sulfonamides is 1. The molecule has 0 amide bonds. The van der Waals surface area contributed by atoms with Gasteiger partial charge in [-0.1, -0.05) is 0 Å². The van der Waals surface area contributed by atoms with E-state index in [-0.39, 0.29) is 11.6 Å². The molecule has 182 valence electrons. The van der Waals surface area contributed by atoms with Gasteiger partial charge in [0.1, 0.15) is 39.2 Å². The Labute approximate surface area is 208 Å². The Morgan fingerprint density at radius 1 is 1.09 bits per heavy atom. The fourth-order valence-electron chi connectivity index (χ4n) is 3.73. The molecule has 0 saturated carbocycles. The summed E-state index contributed by atoms with van der Waals surface area (Å²) in [5.74, 6) is 0.858. The molecule has 1 N–H and O–H groups in total. The number of thioether (sulfide) groups is 1. The van der Waals surface area contributed by atoms with Gasteiger partial charge in [0.25, 0.3) is 10.0 Å². The first-order valence-corrected chi connectivity index (χ1v) is 13.9. The van der Waals surface area contributed by atoms with Crippen LogP contribution < -0.4 is 14.4 Å². The number of methoxy groups -OCH3 is 1. The van der Waals surface area contributed by atoms with Crippen molar-refractivity contribution in [2.24, 2.45) is 0 Å². The van der Waals surface area contributed by atoms with Gasteiger partial charge in [-0.15, -0.1) is 11.3 Å². The predicted octanol–water partition coefficient (Wildman–Crippen LogP) is 4.39. The molecule has 0 radical (unpaired) electrons. The predicted molar refractivity (Wildman–Crippen MR) is 134 cm³/mol. The minimum Gasteiger partial charge on any atom is -0.480 e. The molecule has 0 spiro atoms. The van der Waals surface area contributed by atoms with Crippen LogP contribution in [0.25, 0.3) is 20.7 Å². The molecule has 35 heavy (non-hydrogen) atoms. The number of nitrogens with one attached hydrogen (secondary N) is 1. The van der Waals surface area contributed by atoms with E-state index in [1.165, 1.54) is 18.4 Å². The Morgan fingerprint density at radius 2 is 1.89 bits per heavy atom. The number of anilines is 2. The van der Waals surface area contributed by atoms with Crippen molar-refractivity contribution in [3.8, 4) is 16.3 Å². The molecule has 8 nitrogen and oxygen atoms in total. The van der Waals surface area contributed by atoms with Crippen molar-refractivity contribution in [3.63, 3.8) is 0 Å². The molecule has 1 aromatic carbocycles. The Kier molecular flexibility index (Phi) is 6.47. The van der Waals surface area contributed by atoms with E-state index in [0.717, 1.165) is 57.6 Å². The average molecular weight is 536 g/mol. The van der Waals surface area contributed by atoms with Crippen LogP contribution >= 0.6 is 23.1 Å². The number of aromatic nitrogens is 3. The normalized spacial score (nSPS) is 14.3. The third-order valence-electron chi connectivity index (χ3n) is 5.38. The average Bonchev–Trinajstić information content (AvgIpc) is 3.28. The number of benzene rings is 1. The lowest BCUT2D eigenvalue weighted by Gasteiger charge is -2.27. The summed E-state index contributed by atoms with van der Waals surface area (Å²) in [6.07, 6.45) is 3.10. The van der Waals surface area contributed by atoms with Gasteiger partial charge < -0.3 is 9.64 Å². The summed E-state index contributed by atoms with van der Waals surface area (Å²) < 4.78 is 60.6. The molecule has 13 heteroatoms. The maximum Gasteiger partial charge on any atom is 0.264 e. The summed E-state index contributed by atoms with van der Waals surface area (Å²) in [5.41, 5.74) is 0.636. The first-order chi connectivity index (χ1) is 16.9. The molecule has 4 aromatic rings. The quantitative estimate of drug-likeness (QED) is 0.388. The summed E-state index contributed by atoms with van der Waals surface area (Å²) >= 11 is 3.34. The minimum atomic E-state index is -4.38. The molecule has 5 rings (SSSR count). The molecule has 1 fully saturated rings. The summed E-state index contributed by atoms with van der Waals surface area (Å²) in [5, 5.41) is 0.908. The van der Waals surface area contributed by atoms with E-state index in [9.17, 15) is 17.2 Å². The van der Waals surface area contributed by atoms with Gasteiger partial charge in [-0.2, -0.15) is 11.8 Å². The van der Waals surface area contributed by atoms with E-state index in [1.54, 1.807) is 18.6 Å². The van der Waals surface area contributed by atoms with Crippen LogP contribution in [-0.2, 0) is 10.0 Å². The number of thiophene rings is 1. The van der Waals surface area contributed by atoms with Gasteiger partial charge in [0.15, 0.2) is 0 Å². The zero-order valence-electron chi connectivity index (χ0n) is 18.4. The second-order valence-electron chi connectivity index (χ2n) is 7.59. The molecule has 0 atom stereocenters. The fourth-order valence-corrected chi connectivity index (χ4v) is 6.71. The first kappa shape index (κ1) is 23.7. The number of halogens is 2. The monoisotopic (exact) mass is 535 g/mol. The summed E-state index contributed by atoms with van der Waals surface area (Å²) in [6, 6.07) is 5.76. The zero-order chi connectivity index (χ0) is 24.6. The molecule has 0 bridgehead atoms. The SMILES string of the molecule is COc1ncc(-c2cc3c(N4CCSCC4)ncnc3s2)cc1NS(=O)(=O)c1ccc(F)cc1F. The number of hydrogen-bond donors (Lipinski definition) is 1. The molecule has 0 aliphatic carbocycles. The van der Waals surface area contributed by atoms with E-state index in [0.29, 0.717) is 11.6 Å². The van der Waals surface area contributed by atoms with Gasteiger partial charge in [0.05, 0.1) is 12.5 Å². The molecule has 1 saturated heterocycles. The van der Waals surface area contributed by atoms with Gasteiger partial charge in [0.2, 0.25) is 5.88 Å². The topological polar surface area (TPSA) is 97.3 Å². The number of hydrogen-bond acceptors (Lipinski definition) is 9. The van der Waals surface area contributed by atoms with Crippen molar-refractivity contribution in [1.29, 1.82) is 0 Å². The molecule has 3 aromatic heterocycles. The second-order valence-corrected chi connectivity index (χ2v) is 11.5. The van der Waals surface area contributed by atoms with Crippen LogP contribution in [0.1, 0.15) is 0 Å². The van der Waals surface area contributed by atoms with Crippen molar-refractivity contribution < 1.29 is 21.9 Å². The second kappa shape index (κ2) is 9.55. The third-order valence-corrected chi connectivity index (χ3v) is 8.81. The zero-order valence-corrected chi connectivity index (χ0v) is 20.8. The van der Waals surface area contributed by atoms with Gasteiger partial charge in [-0.25, -0.2) is 32.2 Å². The van der Waals surface area contributed by atoms with E-state index in [1.807, 2.05) is 17.8 Å². The molecule has 4 heterocycles. The summed E-state index contributed by atoms with van der Waals surface area (Å²) in [7, 11) is -3.03. The Balaban J connectivity index is 1.52. The maximum atomic E-state index is 14.2. The van der Waals surface area contributed by atoms with E-state index < -0.39 is 26.6 Å². The van der Waals surface area contributed by atoms with Crippen LogP contribution in [0.4, 0.5) is 20.3 Å². The number of pyridine rings is 1. The highest BCUT2D eigenvalue weighted by atomic mass is 32.2. The van der Waals surface area contributed by atoms with Crippen LogP contribution in [0.3, 0.4) is 0 Å². The Hall–Kier alpha value is -3.03. The standard InChI is InChI=1S/C22H19F2N5O3S3/c1-32-21-17(28-35(30,31)19-3-2-14(23)9-16(19)24)8-13(11-25-21)18-10-15-20(26-12-27-22(15)34-18)29-4-6-33-7-5-29/h2-3,8-12,28H,4-7H2,1H3.